The second-order valence-electron chi connectivity index (χ2n) is 9.98. The molecule has 0 fully saturated rings. The van der Waals surface area contributed by atoms with Gasteiger partial charge in [-0.25, -0.2) is 0 Å². The van der Waals surface area contributed by atoms with E-state index in [2.05, 4.69) is 47.6 Å². The Bertz CT molecular complexity index is 679. The molecular weight excluding hydrogens is 354 g/mol. The molecule has 0 saturated heterocycles. The summed E-state index contributed by atoms with van der Waals surface area (Å²) in [6.07, 6.45) is 0.606. The van der Waals surface area contributed by atoms with E-state index in [0.29, 0.717) is 13.0 Å². The summed E-state index contributed by atoms with van der Waals surface area (Å²) in [5.74, 6) is 0.106. The van der Waals surface area contributed by atoms with Crippen LogP contribution in [-0.4, -0.2) is 51.4 Å². The predicted octanol–water partition coefficient (Wildman–Crippen LogP) is 3.51. The van der Waals surface area contributed by atoms with Crippen molar-refractivity contribution in [3.63, 3.8) is 0 Å². The van der Waals surface area contributed by atoms with Crippen LogP contribution in [-0.2, 0) is 22.0 Å². The summed E-state index contributed by atoms with van der Waals surface area (Å²) in [5.41, 5.74) is 1.49. The zero-order chi connectivity index (χ0) is 21.9. The van der Waals surface area contributed by atoms with Crippen LogP contribution in [0.2, 0.25) is 0 Å². The van der Waals surface area contributed by atoms with Crippen molar-refractivity contribution in [2.45, 2.75) is 84.6 Å². The number of rotatable bonds is 7. The molecule has 0 radical (unpaired) electrons. The molecule has 0 heterocycles. The quantitative estimate of drug-likeness (QED) is 0.662. The summed E-state index contributed by atoms with van der Waals surface area (Å²) in [5, 5.41) is 30.1. The Kier molecular flexibility index (Phi) is 7.71. The van der Waals surface area contributed by atoms with Gasteiger partial charge in [-0.05, 0) is 47.8 Å². The van der Waals surface area contributed by atoms with Crippen molar-refractivity contribution < 1.29 is 20.1 Å². The summed E-state index contributed by atoms with van der Waals surface area (Å²) >= 11 is 0. The first-order chi connectivity index (χ1) is 12.7. The van der Waals surface area contributed by atoms with Gasteiger partial charge in [0.2, 0.25) is 5.91 Å². The molecule has 0 spiro atoms. The minimum Gasteiger partial charge on any atom is -0.507 e. The topological polar surface area (TPSA) is 81.0 Å². The van der Waals surface area contributed by atoms with E-state index in [-0.39, 0.29) is 42.1 Å². The summed E-state index contributed by atoms with van der Waals surface area (Å²) in [6, 6.07) is 4.05. The van der Waals surface area contributed by atoms with Gasteiger partial charge in [0.15, 0.2) is 0 Å². The Morgan fingerprint density at radius 1 is 0.964 bits per heavy atom. The summed E-state index contributed by atoms with van der Waals surface area (Å²) in [6.45, 7) is 15.9. The van der Waals surface area contributed by atoms with Crippen LogP contribution < -0.4 is 0 Å². The molecule has 1 amide bonds. The van der Waals surface area contributed by atoms with Gasteiger partial charge in [-0.2, -0.15) is 0 Å². The highest BCUT2D eigenvalue weighted by atomic mass is 16.3. The number of aryl methyl sites for hydroxylation is 1. The van der Waals surface area contributed by atoms with Gasteiger partial charge in [0.25, 0.3) is 0 Å². The van der Waals surface area contributed by atoms with E-state index < -0.39 is 5.54 Å². The lowest BCUT2D eigenvalue weighted by atomic mass is 9.78. The highest BCUT2D eigenvalue weighted by Gasteiger charge is 2.33. The molecular formula is C23H39NO4. The number of benzene rings is 1. The monoisotopic (exact) mass is 393 g/mol. The zero-order valence-electron chi connectivity index (χ0n) is 18.9. The van der Waals surface area contributed by atoms with E-state index >= 15 is 0 Å². The van der Waals surface area contributed by atoms with Crippen molar-refractivity contribution in [1.29, 1.82) is 0 Å². The summed E-state index contributed by atoms with van der Waals surface area (Å²) in [7, 11) is 0. The molecule has 0 aliphatic heterocycles. The minimum absolute atomic E-state index is 0.0751. The first-order valence-corrected chi connectivity index (χ1v) is 10.1. The molecule has 0 aliphatic carbocycles. The smallest absolute Gasteiger partial charge is 0.223 e. The van der Waals surface area contributed by atoms with E-state index in [1.807, 2.05) is 13.0 Å². The normalized spacial score (nSPS) is 12.9. The lowest BCUT2D eigenvalue weighted by Gasteiger charge is -2.38. The maximum Gasteiger partial charge on any atom is 0.223 e. The van der Waals surface area contributed by atoms with E-state index in [1.54, 1.807) is 6.92 Å². The second kappa shape index (κ2) is 8.83. The van der Waals surface area contributed by atoms with E-state index in [4.69, 9.17) is 0 Å². The fourth-order valence-corrected chi connectivity index (χ4v) is 3.35. The van der Waals surface area contributed by atoms with Gasteiger partial charge in [0, 0.05) is 13.0 Å². The second-order valence-corrected chi connectivity index (χ2v) is 9.98. The molecule has 0 atom stereocenters. The zero-order valence-corrected chi connectivity index (χ0v) is 18.9. The van der Waals surface area contributed by atoms with E-state index in [0.717, 1.165) is 16.7 Å². The lowest BCUT2D eigenvalue weighted by molar-refractivity contribution is -0.140. The van der Waals surface area contributed by atoms with Crippen molar-refractivity contribution in [3.8, 4) is 5.75 Å². The van der Waals surface area contributed by atoms with Crippen LogP contribution in [0.25, 0.3) is 0 Å². The van der Waals surface area contributed by atoms with Gasteiger partial charge in [-0.1, -0.05) is 53.7 Å². The third-order valence-corrected chi connectivity index (χ3v) is 5.42. The van der Waals surface area contributed by atoms with Crippen molar-refractivity contribution in [2.24, 2.45) is 0 Å². The predicted molar refractivity (Wildman–Crippen MR) is 114 cm³/mol. The molecule has 0 unspecified atom stereocenters. The van der Waals surface area contributed by atoms with Crippen molar-refractivity contribution in [1.82, 2.24) is 4.90 Å². The van der Waals surface area contributed by atoms with Crippen LogP contribution in [0, 0.1) is 0 Å². The Morgan fingerprint density at radius 2 is 1.50 bits per heavy atom. The SMILES string of the molecule is CCN(C(=O)CCc1cc(C(C)(C)C)cc(C(C)(C)C)c1O)C(C)(CO)CO. The molecule has 1 rings (SSSR count). The number of aliphatic hydroxyl groups is 2. The average Bonchev–Trinajstić information content (AvgIpc) is 2.59. The molecule has 28 heavy (non-hydrogen) atoms. The Morgan fingerprint density at radius 3 is 1.89 bits per heavy atom. The van der Waals surface area contributed by atoms with Crippen LogP contribution in [0.1, 0.15) is 78.5 Å². The largest absolute Gasteiger partial charge is 0.507 e. The molecule has 160 valence electrons. The van der Waals surface area contributed by atoms with E-state index in [1.165, 1.54) is 4.90 Å². The molecule has 0 saturated carbocycles. The van der Waals surface area contributed by atoms with Gasteiger partial charge in [0.1, 0.15) is 5.75 Å². The minimum atomic E-state index is -0.988. The van der Waals surface area contributed by atoms with Gasteiger partial charge in [-0.15, -0.1) is 0 Å². The van der Waals surface area contributed by atoms with Crippen LogP contribution in [0.3, 0.4) is 0 Å². The number of hydrogen-bond donors (Lipinski definition) is 3. The first-order valence-electron chi connectivity index (χ1n) is 10.1. The average molecular weight is 394 g/mol. The standard InChI is InChI=1S/C23H39NO4/c1-9-24(23(8,14-25)15-26)19(27)11-10-16-12-17(21(2,3)4)13-18(20(16)28)22(5,6)7/h12-13,25-26,28H,9-11,14-15H2,1-8H3. The highest BCUT2D eigenvalue weighted by molar-refractivity contribution is 5.77. The molecule has 1 aromatic rings. The maximum absolute atomic E-state index is 12.8. The Labute approximate surface area is 170 Å². The van der Waals surface area contributed by atoms with Crippen LogP contribution in [0.4, 0.5) is 0 Å². The third-order valence-electron chi connectivity index (χ3n) is 5.42. The van der Waals surface area contributed by atoms with Crippen molar-refractivity contribution >= 4 is 5.91 Å². The van der Waals surface area contributed by atoms with Crippen LogP contribution in [0.5, 0.6) is 5.75 Å². The van der Waals surface area contributed by atoms with Gasteiger partial charge in [-0.3, -0.25) is 4.79 Å². The molecule has 5 nitrogen and oxygen atoms in total. The molecule has 0 bridgehead atoms. The lowest BCUT2D eigenvalue weighted by Crippen LogP contribution is -2.54. The molecule has 5 heteroatoms. The number of hydrogen-bond acceptors (Lipinski definition) is 4. The Hall–Kier alpha value is -1.59. The first kappa shape index (κ1) is 24.4. The van der Waals surface area contributed by atoms with Crippen LogP contribution >= 0.6 is 0 Å². The molecule has 0 aromatic heterocycles. The fraction of sp³-hybridized carbons (Fsp3) is 0.696. The van der Waals surface area contributed by atoms with Gasteiger partial charge < -0.3 is 20.2 Å². The summed E-state index contributed by atoms with van der Waals surface area (Å²) < 4.78 is 0. The van der Waals surface area contributed by atoms with E-state index in [9.17, 15) is 20.1 Å². The molecule has 1 aromatic carbocycles. The number of phenols is 1. The van der Waals surface area contributed by atoms with Gasteiger partial charge >= 0.3 is 0 Å². The number of amides is 1. The number of likely N-dealkylation sites (N-methyl/N-ethyl adjacent to an activating group) is 1. The van der Waals surface area contributed by atoms with Crippen LogP contribution in [0.15, 0.2) is 12.1 Å². The molecule has 0 aliphatic rings. The Balaban J connectivity index is 3.23. The summed E-state index contributed by atoms with van der Waals surface area (Å²) in [4.78, 5) is 14.3. The fourth-order valence-electron chi connectivity index (χ4n) is 3.35. The highest BCUT2D eigenvalue weighted by Crippen LogP contribution is 2.38. The van der Waals surface area contributed by atoms with Crippen molar-refractivity contribution in [2.75, 3.05) is 19.8 Å². The number of carbonyl (C=O) groups is 1. The number of phenolic OH excluding ortho intramolecular Hbond substituents is 1. The number of aromatic hydroxyl groups is 1. The van der Waals surface area contributed by atoms with Gasteiger partial charge in [0.05, 0.1) is 18.8 Å². The third kappa shape index (κ3) is 5.48. The number of carbonyl (C=O) groups excluding carboxylic acids is 1. The number of nitrogens with zero attached hydrogens (tertiary/aromatic N) is 1. The molecule has 3 N–H and O–H groups in total. The van der Waals surface area contributed by atoms with Crippen molar-refractivity contribution in [3.05, 3.63) is 28.8 Å². The maximum atomic E-state index is 12.8. The number of aliphatic hydroxyl groups excluding tert-OH is 2.